The van der Waals surface area contributed by atoms with E-state index in [4.69, 9.17) is 0 Å². The molecule has 0 aromatic heterocycles. The van der Waals surface area contributed by atoms with E-state index in [-0.39, 0.29) is 5.91 Å². The lowest BCUT2D eigenvalue weighted by molar-refractivity contribution is -0.121. The third-order valence-electron chi connectivity index (χ3n) is 4.11. The number of amides is 1. The molecular formula is C19H39NO. The van der Waals surface area contributed by atoms with Gasteiger partial charge in [-0.1, -0.05) is 90.9 Å². The zero-order valence-electron chi connectivity index (χ0n) is 14.7. The summed E-state index contributed by atoms with van der Waals surface area (Å²) in [6.07, 6.45) is 19.0. The van der Waals surface area contributed by atoms with E-state index in [1.54, 1.807) is 0 Å². The number of hydrogen-bond acceptors (Lipinski definition) is 1. The summed E-state index contributed by atoms with van der Waals surface area (Å²) in [6.45, 7) is 5.35. The molecule has 1 N–H and O–H groups in total. The van der Waals surface area contributed by atoms with Crippen LogP contribution >= 0.6 is 0 Å². The third-order valence-corrected chi connectivity index (χ3v) is 4.11. The monoisotopic (exact) mass is 297 g/mol. The van der Waals surface area contributed by atoms with Crippen molar-refractivity contribution in [2.45, 2.75) is 110 Å². The van der Waals surface area contributed by atoms with Crippen molar-refractivity contribution in [1.82, 2.24) is 5.32 Å². The van der Waals surface area contributed by atoms with E-state index in [0.717, 1.165) is 25.8 Å². The lowest BCUT2D eigenvalue weighted by Crippen LogP contribution is -2.23. The highest BCUT2D eigenvalue weighted by Gasteiger charge is 1.99. The predicted molar refractivity (Wildman–Crippen MR) is 93.6 cm³/mol. The third kappa shape index (κ3) is 17.4. The first-order chi connectivity index (χ1) is 10.3. The molecule has 2 nitrogen and oxygen atoms in total. The van der Waals surface area contributed by atoms with Crippen LogP contribution in [-0.4, -0.2) is 12.5 Å². The van der Waals surface area contributed by atoms with Gasteiger partial charge in [0.2, 0.25) is 5.91 Å². The molecule has 0 saturated carbocycles. The van der Waals surface area contributed by atoms with Crippen molar-refractivity contribution >= 4 is 5.91 Å². The molecule has 21 heavy (non-hydrogen) atoms. The number of carbonyl (C=O) groups excluding carboxylic acids is 1. The van der Waals surface area contributed by atoms with Crippen LogP contribution in [0.4, 0.5) is 0 Å². The minimum Gasteiger partial charge on any atom is -0.356 e. The van der Waals surface area contributed by atoms with E-state index in [2.05, 4.69) is 19.2 Å². The van der Waals surface area contributed by atoms with E-state index < -0.39 is 0 Å². The van der Waals surface area contributed by atoms with E-state index in [1.165, 1.54) is 77.0 Å². The average molecular weight is 298 g/mol. The van der Waals surface area contributed by atoms with Crippen molar-refractivity contribution < 1.29 is 4.79 Å². The van der Waals surface area contributed by atoms with Crippen LogP contribution in [0.2, 0.25) is 0 Å². The number of hydrogen-bond donors (Lipinski definition) is 1. The van der Waals surface area contributed by atoms with Crippen molar-refractivity contribution in [2.75, 3.05) is 6.54 Å². The molecule has 0 aliphatic heterocycles. The van der Waals surface area contributed by atoms with Crippen molar-refractivity contribution in [3.63, 3.8) is 0 Å². The van der Waals surface area contributed by atoms with Crippen molar-refractivity contribution in [2.24, 2.45) is 0 Å². The molecule has 0 aliphatic carbocycles. The smallest absolute Gasteiger partial charge is 0.219 e. The minimum atomic E-state index is 0.252. The number of rotatable bonds is 16. The molecule has 0 unspecified atom stereocenters. The summed E-state index contributed by atoms with van der Waals surface area (Å²) in [6, 6.07) is 0. The summed E-state index contributed by atoms with van der Waals surface area (Å²) in [4.78, 5) is 11.6. The molecule has 0 heterocycles. The Morgan fingerprint density at radius 1 is 0.619 bits per heavy atom. The summed E-state index contributed by atoms with van der Waals surface area (Å²) >= 11 is 0. The van der Waals surface area contributed by atoms with Gasteiger partial charge < -0.3 is 5.32 Å². The fraction of sp³-hybridized carbons (Fsp3) is 0.947. The SMILES string of the molecule is CCCCCCCCCCCCNC(=O)CCCCCC. The molecule has 0 atom stereocenters. The molecule has 0 aromatic carbocycles. The highest BCUT2D eigenvalue weighted by molar-refractivity contribution is 5.75. The van der Waals surface area contributed by atoms with Crippen LogP contribution in [-0.2, 0) is 4.79 Å². The highest BCUT2D eigenvalue weighted by Crippen LogP contribution is 2.10. The van der Waals surface area contributed by atoms with Crippen molar-refractivity contribution in [3.05, 3.63) is 0 Å². The van der Waals surface area contributed by atoms with Gasteiger partial charge in [-0.3, -0.25) is 4.79 Å². The van der Waals surface area contributed by atoms with Crippen LogP contribution in [0.15, 0.2) is 0 Å². The van der Waals surface area contributed by atoms with Gasteiger partial charge in [-0.05, 0) is 12.8 Å². The maximum Gasteiger partial charge on any atom is 0.219 e. The zero-order valence-corrected chi connectivity index (χ0v) is 14.7. The summed E-state index contributed by atoms with van der Waals surface area (Å²) in [5.41, 5.74) is 0. The number of unbranched alkanes of at least 4 members (excludes halogenated alkanes) is 12. The molecule has 0 rings (SSSR count). The minimum absolute atomic E-state index is 0.252. The second-order valence-corrected chi connectivity index (χ2v) is 6.34. The number of carbonyl (C=O) groups is 1. The highest BCUT2D eigenvalue weighted by atomic mass is 16.1. The molecule has 0 spiro atoms. The lowest BCUT2D eigenvalue weighted by Gasteiger charge is -2.05. The standard InChI is InChI=1S/C19H39NO/c1-3-5-7-9-10-11-12-13-14-16-18-20-19(21)17-15-8-6-4-2/h3-18H2,1-2H3,(H,20,21). The van der Waals surface area contributed by atoms with Crippen LogP contribution in [0.1, 0.15) is 110 Å². The van der Waals surface area contributed by atoms with Gasteiger partial charge in [-0.15, -0.1) is 0 Å². The number of nitrogens with one attached hydrogen (secondary N) is 1. The Morgan fingerprint density at radius 3 is 1.57 bits per heavy atom. The first-order valence-corrected chi connectivity index (χ1v) is 9.58. The topological polar surface area (TPSA) is 29.1 Å². The van der Waals surface area contributed by atoms with Gasteiger partial charge in [0.15, 0.2) is 0 Å². The Balaban J connectivity index is 3.09. The van der Waals surface area contributed by atoms with Gasteiger partial charge >= 0.3 is 0 Å². The molecule has 0 fully saturated rings. The van der Waals surface area contributed by atoms with Gasteiger partial charge in [0.25, 0.3) is 0 Å². The second-order valence-electron chi connectivity index (χ2n) is 6.34. The van der Waals surface area contributed by atoms with Crippen molar-refractivity contribution in [1.29, 1.82) is 0 Å². The lowest BCUT2D eigenvalue weighted by atomic mass is 10.1. The fourth-order valence-electron chi connectivity index (χ4n) is 2.64. The van der Waals surface area contributed by atoms with Gasteiger partial charge in [0.05, 0.1) is 0 Å². The van der Waals surface area contributed by atoms with E-state index in [0.29, 0.717) is 0 Å². The Hall–Kier alpha value is -0.530. The van der Waals surface area contributed by atoms with Crippen LogP contribution in [0, 0.1) is 0 Å². The van der Waals surface area contributed by atoms with E-state index >= 15 is 0 Å². The Morgan fingerprint density at radius 2 is 1.05 bits per heavy atom. The van der Waals surface area contributed by atoms with Gasteiger partial charge in [0.1, 0.15) is 0 Å². The summed E-state index contributed by atoms with van der Waals surface area (Å²) < 4.78 is 0. The Kier molecular flexibility index (Phi) is 17.1. The Labute approximate surface area is 133 Å². The molecule has 0 saturated heterocycles. The maximum atomic E-state index is 11.6. The van der Waals surface area contributed by atoms with Crippen molar-refractivity contribution in [3.8, 4) is 0 Å². The first kappa shape index (κ1) is 20.5. The molecule has 0 radical (unpaired) electrons. The normalized spacial score (nSPS) is 10.8. The molecule has 0 bridgehead atoms. The maximum absolute atomic E-state index is 11.6. The van der Waals surface area contributed by atoms with Crippen LogP contribution in [0.25, 0.3) is 0 Å². The predicted octanol–water partition coefficient (Wildman–Crippen LogP) is 5.99. The largest absolute Gasteiger partial charge is 0.356 e. The van der Waals surface area contributed by atoms with Gasteiger partial charge in [-0.25, -0.2) is 0 Å². The van der Waals surface area contributed by atoms with Gasteiger partial charge in [-0.2, -0.15) is 0 Å². The zero-order chi connectivity index (χ0) is 15.6. The average Bonchev–Trinajstić information content (AvgIpc) is 2.49. The summed E-state index contributed by atoms with van der Waals surface area (Å²) in [5.74, 6) is 0.252. The van der Waals surface area contributed by atoms with E-state index in [9.17, 15) is 4.79 Å². The first-order valence-electron chi connectivity index (χ1n) is 9.58. The quantitative estimate of drug-likeness (QED) is 0.348. The molecule has 1 amide bonds. The summed E-state index contributed by atoms with van der Waals surface area (Å²) in [5, 5.41) is 3.05. The molecular weight excluding hydrogens is 258 g/mol. The van der Waals surface area contributed by atoms with E-state index in [1.807, 2.05) is 0 Å². The molecule has 126 valence electrons. The van der Waals surface area contributed by atoms with Crippen LogP contribution in [0.5, 0.6) is 0 Å². The molecule has 0 aliphatic rings. The van der Waals surface area contributed by atoms with Gasteiger partial charge in [0, 0.05) is 13.0 Å². The summed E-state index contributed by atoms with van der Waals surface area (Å²) in [7, 11) is 0. The fourth-order valence-corrected chi connectivity index (χ4v) is 2.64. The molecule has 0 aromatic rings. The Bertz CT molecular complexity index is 216. The second kappa shape index (κ2) is 17.5. The molecule has 2 heteroatoms. The van der Waals surface area contributed by atoms with Crippen LogP contribution in [0.3, 0.4) is 0 Å². The van der Waals surface area contributed by atoms with Crippen LogP contribution < -0.4 is 5.32 Å².